The second-order valence-corrected chi connectivity index (χ2v) is 3.07. The van der Waals surface area contributed by atoms with Gasteiger partial charge in [-0.3, -0.25) is 10.2 Å². The van der Waals surface area contributed by atoms with Crippen molar-refractivity contribution in [2.45, 2.75) is 32.5 Å². The van der Waals surface area contributed by atoms with Gasteiger partial charge in [-0.2, -0.15) is 0 Å². The topological polar surface area (TPSA) is 35.5 Å². The molecule has 0 aromatic rings. The molecule has 0 amide bonds. The van der Waals surface area contributed by atoms with Crippen molar-refractivity contribution in [3.8, 4) is 0 Å². The van der Waals surface area contributed by atoms with Crippen LogP contribution in [0.4, 0.5) is 0 Å². The van der Waals surface area contributed by atoms with Crippen molar-refractivity contribution in [2.24, 2.45) is 0 Å². The third-order valence-electron chi connectivity index (χ3n) is 2.12. The predicted molar refractivity (Wildman–Crippen MR) is 45.1 cm³/mol. The molecule has 0 aromatic carbocycles. The molecule has 1 fully saturated rings. The molecule has 1 aliphatic heterocycles. The minimum absolute atomic E-state index is 0.383. The maximum atomic E-state index is 9.30. The molecule has 0 aliphatic carbocycles. The fourth-order valence-corrected chi connectivity index (χ4v) is 1.39. The lowest BCUT2D eigenvalue weighted by molar-refractivity contribution is 0.0213. The van der Waals surface area contributed by atoms with Crippen LogP contribution in [0.15, 0.2) is 0 Å². The van der Waals surface area contributed by atoms with Crippen LogP contribution in [0, 0.1) is 0 Å². The summed E-state index contributed by atoms with van der Waals surface area (Å²) in [6, 6.07) is 0. The molecule has 0 saturated carbocycles. The van der Waals surface area contributed by atoms with Gasteiger partial charge in [0.1, 0.15) is 0 Å². The van der Waals surface area contributed by atoms with E-state index >= 15 is 0 Å². The van der Waals surface area contributed by atoms with Crippen molar-refractivity contribution in [2.75, 3.05) is 19.6 Å². The summed E-state index contributed by atoms with van der Waals surface area (Å²) < 4.78 is 0. The zero-order valence-electron chi connectivity index (χ0n) is 7.21. The van der Waals surface area contributed by atoms with E-state index in [9.17, 15) is 5.11 Å². The molecule has 11 heavy (non-hydrogen) atoms. The molecular weight excluding hydrogens is 140 g/mol. The molecule has 2 N–H and O–H groups in total. The predicted octanol–water partition coefficient (Wildman–Crippen LogP) is 0.358. The molecular formula is C8H18N2O. The van der Waals surface area contributed by atoms with Gasteiger partial charge in [0, 0.05) is 19.6 Å². The Hall–Kier alpha value is -0.120. The largest absolute Gasteiger partial charge is 0.365 e. The monoisotopic (exact) mass is 158 g/mol. The van der Waals surface area contributed by atoms with Crippen LogP contribution in [0.3, 0.4) is 0 Å². The minimum atomic E-state index is -0.383. The van der Waals surface area contributed by atoms with Gasteiger partial charge in [0.2, 0.25) is 0 Å². The summed E-state index contributed by atoms with van der Waals surface area (Å²) in [6.45, 7) is 5.14. The molecule has 1 rings (SSSR count). The summed E-state index contributed by atoms with van der Waals surface area (Å²) in [5.74, 6) is 0. The lowest BCUT2D eigenvalue weighted by Crippen LogP contribution is -2.35. The van der Waals surface area contributed by atoms with Gasteiger partial charge in [0.05, 0.1) is 0 Å². The van der Waals surface area contributed by atoms with Gasteiger partial charge >= 0.3 is 0 Å². The highest BCUT2D eigenvalue weighted by Crippen LogP contribution is 2.03. The van der Waals surface area contributed by atoms with E-state index in [1.165, 1.54) is 19.3 Å². The number of unbranched alkanes of at least 4 members (excludes halogenated alkanes) is 2. The summed E-state index contributed by atoms with van der Waals surface area (Å²) in [7, 11) is 0. The van der Waals surface area contributed by atoms with Crippen molar-refractivity contribution in [1.82, 2.24) is 10.2 Å². The number of nitrogens with one attached hydrogen (secondary N) is 1. The van der Waals surface area contributed by atoms with Crippen LogP contribution in [0.5, 0.6) is 0 Å². The highest BCUT2D eigenvalue weighted by atomic mass is 16.3. The Kier molecular flexibility index (Phi) is 3.83. The Balaban J connectivity index is 2.05. The fourth-order valence-electron chi connectivity index (χ4n) is 1.39. The number of hydrogen-bond donors (Lipinski definition) is 2. The fraction of sp³-hybridized carbons (Fsp3) is 1.00. The minimum Gasteiger partial charge on any atom is -0.365 e. The van der Waals surface area contributed by atoms with Crippen molar-refractivity contribution < 1.29 is 5.11 Å². The van der Waals surface area contributed by atoms with Crippen molar-refractivity contribution in [1.29, 1.82) is 0 Å². The number of hydrogen-bond acceptors (Lipinski definition) is 3. The Morgan fingerprint density at radius 1 is 1.55 bits per heavy atom. The standard InChI is InChI=1S/C8H18N2O/c1-2-3-4-6-10-7-5-9-8(10)11/h8-9,11H,2-7H2,1H3. The molecule has 0 radical (unpaired) electrons. The normalized spacial score (nSPS) is 26.2. The zero-order chi connectivity index (χ0) is 8.10. The quantitative estimate of drug-likeness (QED) is 0.580. The van der Waals surface area contributed by atoms with Crippen LogP contribution < -0.4 is 5.32 Å². The van der Waals surface area contributed by atoms with Crippen molar-refractivity contribution in [3.63, 3.8) is 0 Å². The first-order chi connectivity index (χ1) is 5.34. The van der Waals surface area contributed by atoms with Crippen LogP contribution >= 0.6 is 0 Å². The molecule has 1 aliphatic rings. The average molecular weight is 158 g/mol. The van der Waals surface area contributed by atoms with E-state index < -0.39 is 0 Å². The molecule has 0 aromatic heterocycles. The third kappa shape index (κ3) is 2.77. The molecule has 0 spiro atoms. The third-order valence-corrected chi connectivity index (χ3v) is 2.12. The van der Waals surface area contributed by atoms with Crippen LogP contribution in [0.25, 0.3) is 0 Å². The number of rotatable bonds is 4. The first-order valence-corrected chi connectivity index (χ1v) is 4.50. The first-order valence-electron chi connectivity index (χ1n) is 4.50. The summed E-state index contributed by atoms with van der Waals surface area (Å²) in [4.78, 5) is 2.08. The summed E-state index contributed by atoms with van der Waals surface area (Å²) in [5, 5.41) is 12.3. The van der Waals surface area contributed by atoms with E-state index in [1.54, 1.807) is 0 Å². The average Bonchev–Trinajstić information content (AvgIpc) is 2.37. The Morgan fingerprint density at radius 3 is 2.91 bits per heavy atom. The maximum Gasteiger partial charge on any atom is 0.163 e. The van der Waals surface area contributed by atoms with Crippen LogP contribution in [0.2, 0.25) is 0 Å². The Labute approximate surface area is 68.4 Å². The highest BCUT2D eigenvalue weighted by molar-refractivity contribution is 4.69. The second kappa shape index (κ2) is 4.70. The summed E-state index contributed by atoms with van der Waals surface area (Å²) >= 11 is 0. The Morgan fingerprint density at radius 2 is 2.36 bits per heavy atom. The van der Waals surface area contributed by atoms with E-state index in [2.05, 4.69) is 17.1 Å². The van der Waals surface area contributed by atoms with Crippen LogP contribution in [-0.4, -0.2) is 36.0 Å². The second-order valence-electron chi connectivity index (χ2n) is 3.07. The van der Waals surface area contributed by atoms with E-state index in [0.29, 0.717) is 0 Å². The smallest absolute Gasteiger partial charge is 0.163 e. The molecule has 1 atom stereocenters. The first kappa shape index (κ1) is 8.97. The van der Waals surface area contributed by atoms with E-state index in [1.807, 2.05) is 0 Å². The molecule has 1 unspecified atom stereocenters. The van der Waals surface area contributed by atoms with Crippen molar-refractivity contribution >= 4 is 0 Å². The molecule has 66 valence electrons. The lowest BCUT2D eigenvalue weighted by Gasteiger charge is -2.18. The van der Waals surface area contributed by atoms with Gasteiger partial charge in [-0.15, -0.1) is 0 Å². The maximum absolute atomic E-state index is 9.30. The van der Waals surface area contributed by atoms with Gasteiger partial charge in [-0.05, 0) is 6.42 Å². The van der Waals surface area contributed by atoms with E-state index in [4.69, 9.17) is 0 Å². The van der Waals surface area contributed by atoms with E-state index in [-0.39, 0.29) is 6.35 Å². The highest BCUT2D eigenvalue weighted by Gasteiger charge is 2.19. The molecule has 1 saturated heterocycles. The van der Waals surface area contributed by atoms with Crippen molar-refractivity contribution in [3.05, 3.63) is 0 Å². The molecule has 1 heterocycles. The summed E-state index contributed by atoms with van der Waals surface area (Å²) in [6.07, 6.45) is 3.34. The van der Waals surface area contributed by atoms with Gasteiger partial charge in [-0.25, -0.2) is 0 Å². The van der Waals surface area contributed by atoms with Gasteiger partial charge in [-0.1, -0.05) is 19.8 Å². The molecule has 3 nitrogen and oxygen atoms in total. The van der Waals surface area contributed by atoms with Gasteiger partial charge in [0.15, 0.2) is 6.35 Å². The van der Waals surface area contributed by atoms with Crippen LogP contribution in [0.1, 0.15) is 26.2 Å². The lowest BCUT2D eigenvalue weighted by atomic mass is 10.2. The SMILES string of the molecule is CCCCCN1CCNC1O. The zero-order valence-corrected chi connectivity index (χ0v) is 7.21. The van der Waals surface area contributed by atoms with Gasteiger partial charge < -0.3 is 5.11 Å². The number of nitrogens with zero attached hydrogens (tertiary/aromatic N) is 1. The number of aliphatic hydroxyl groups excluding tert-OH is 1. The molecule has 3 heteroatoms. The summed E-state index contributed by atoms with van der Waals surface area (Å²) in [5.41, 5.74) is 0. The Bertz CT molecular complexity index is 108. The van der Waals surface area contributed by atoms with Crippen LogP contribution in [-0.2, 0) is 0 Å². The van der Waals surface area contributed by atoms with E-state index in [0.717, 1.165) is 19.6 Å². The molecule has 0 bridgehead atoms. The van der Waals surface area contributed by atoms with Gasteiger partial charge in [0.25, 0.3) is 0 Å². The number of aliphatic hydroxyl groups is 1.